The van der Waals surface area contributed by atoms with Crippen molar-refractivity contribution in [2.75, 3.05) is 9.80 Å². The van der Waals surface area contributed by atoms with Crippen molar-refractivity contribution in [3.63, 3.8) is 0 Å². The van der Waals surface area contributed by atoms with Crippen LogP contribution < -0.4 is 9.80 Å². The summed E-state index contributed by atoms with van der Waals surface area (Å²) in [6, 6.07) is 114. The molecule has 0 saturated heterocycles. The van der Waals surface area contributed by atoms with Gasteiger partial charge in [-0.05, 0) is 267 Å². The smallest absolute Gasteiger partial charge is 0.0742 e. The Morgan fingerprint density at radius 1 is 0.218 bits per heavy atom. The zero-order valence-electron chi connectivity index (χ0n) is 66.8. The Hall–Kier alpha value is -11.3. The molecule has 0 amide bonds. The molecule has 544 valence electrons. The van der Waals surface area contributed by atoms with E-state index < -0.39 is 10.8 Å². The summed E-state index contributed by atoms with van der Waals surface area (Å²) in [6.45, 7) is 31.6. The van der Waals surface area contributed by atoms with Crippen LogP contribution in [0.25, 0.3) is 22.3 Å². The third-order valence-corrected chi connectivity index (χ3v) is 25.2. The van der Waals surface area contributed by atoms with Gasteiger partial charge in [0.25, 0.3) is 0 Å². The number of aryl methyl sites for hydroxylation is 12. The third-order valence-electron chi connectivity index (χ3n) is 25.2. The summed E-state index contributed by atoms with van der Waals surface area (Å²) in [6.07, 6.45) is 6.88. The van der Waals surface area contributed by atoms with Crippen LogP contribution in [0.1, 0.15) is 198 Å². The number of hydrogen-bond donors (Lipinski definition) is 0. The molecule has 0 bridgehead atoms. The lowest BCUT2D eigenvalue weighted by Gasteiger charge is -2.47. The molecule has 0 unspecified atom stereocenters. The van der Waals surface area contributed by atoms with E-state index in [0.717, 1.165) is 12.8 Å². The van der Waals surface area contributed by atoms with Crippen LogP contribution in [-0.4, -0.2) is 0 Å². The van der Waals surface area contributed by atoms with Gasteiger partial charge in [0.15, 0.2) is 0 Å². The first-order valence-corrected chi connectivity index (χ1v) is 40.3. The molecule has 2 heteroatoms. The lowest BCUT2D eigenvalue weighted by molar-refractivity contribution is 0.656. The standard InChI is InChI=1S/C79H76N2.C29H26/c1-11-13-15-57-27-39-63(40-28-57)80-73-43-25-55(7)45-69(73)78(59-31-17-51(3)18-32-59,60-33-19-52(4)20-34-60)71-47-65-66-48-72-76(50-68(66)77(9,10)67(65)49-75(71)80)81(64-41-29-58(30-42-64)16-14-12-2)74-44-26-56(8)46-70(74)79(72,61-35-21-53(5)22-36-61)62-37-23-54(6)24-38-62;1-19-5-11-23(12-6-19)29(24-13-7-20(2)8-14-24)27-17-21(3)9-15-25(27)26-16-10-22(4)18-28(26)29/h17-50H,11-16H2,1-10H3;5-18H,1-4H3. The maximum Gasteiger partial charge on any atom is 0.0742 e. The summed E-state index contributed by atoms with van der Waals surface area (Å²) in [7, 11) is 0. The second kappa shape index (κ2) is 28.0. The van der Waals surface area contributed by atoms with Gasteiger partial charge in [0.2, 0.25) is 0 Å². The molecule has 14 aromatic carbocycles. The first-order valence-electron chi connectivity index (χ1n) is 40.3. The van der Waals surface area contributed by atoms with E-state index in [-0.39, 0.29) is 10.8 Å². The van der Waals surface area contributed by atoms with Crippen molar-refractivity contribution in [2.24, 2.45) is 0 Å². The van der Waals surface area contributed by atoms with Gasteiger partial charge in [-0.15, -0.1) is 0 Å². The molecule has 0 atom stereocenters. The maximum absolute atomic E-state index is 2.66. The predicted octanol–water partition coefficient (Wildman–Crippen LogP) is 28.1. The van der Waals surface area contributed by atoms with Crippen molar-refractivity contribution < 1.29 is 0 Å². The molecule has 2 nitrogen and oxygen atoms in total. The van der Waals surface area contributed by atoms with E-state index in [4.69, 9.17) is 0 Å². The molecule has 2 heterocycles. The highest BCUT2D eigenvalue weighted by atomic mass is 15.2. The molecule has 0 spiro atoms. The number of benzene rings is 14. The molecule has 0 aromatic heterocycles. The molecule has 2 aliphatic carbocycles. The number of hydrogen-bond acceptors (Lipinski definition) is 2. The highest BCUT2D eigenvalue weighted by molar-refractivity contribution is 5.98. The fraction of sp³-hybridized carbons (Fsp3) is 0.222. The van der Waals surface area contributed by atoms with Gasteiger partial charge in [-0.3, -0.25) is 0 Å². The molecular weight excluding hydrogens is 1330 g/mol. The van der Waals surface area contributed by atoms with Gasteiger partial charge in [0.1, 0.15) is 0 Å². The number of unbranched alkanes of at least 4 members (excludes halogenated alkanes) is 2. The average molecular weight is 1430 g/mol. The molecule has 18 rings (SSSR count). The SMILES string of the molecule is CCCCc1ccc(N2c3ccc(C)cc3C(c3ccc(C)cc3)(c3ccc(C)cc3)c3cc4c(cc32)C(C)(C)c2cc3c(cc2-4)C(c2ccc(C)cc2)(c2ccc(C)cc2)c2cc(C)ccc2N3c2ccc(CCCC)cc2)cc1.Cc1ccc(C2(c3ccc(C)cc3)c3cc(C)ccc3-c3ccc(C)cc32)cc1. The van der Waals surface area contributed by atoms with E-state index in [2.05, 4.69) is 398 Å². The Morgan fingerprint density at radius 3 is 0.745 bits per heavy atom. The largest absolute Gasteiger partial charge is 0.310 e. The van der Waals surface area contributed by atoms with Gasteiger partial charge in [0.05, 0.1) is 39.0 Å². The zero-order chi connectivity index (χ0) is 76.1. The summed E-state index contributed by atoms with van der Waals surface area (Å²) in [4.78, 5) is 5.20. The van der Waals surface area contributed by atoms with Crippen LogP contribution in [0.15, 0.2) is 291 Å². The van der Waals surface area contributed by atoms with Crippen LogP contribution in [0.4, 0.5) is 34.1 Å². The molecule has 0 fully saturated rings. The Kier molecular flexibility index (Phi) is 18.2. The first kappa shape index (κ1) is 71.6. The van der Waals surface area contributed by atoms with Gasteiger partial charge in [-0.25, -0.2) is 0 Å². The van der Waals surface area contributed by atoms with E-state index in [9.17, 15) is 0 Å². The number of anilines is 6. The van der Waals surface area contributed by atoms with E-state index in [1.54, 1.807) is 0 Å². The van der Waals surface area contributed by atoms with Crippen LogP contribution in [-0.2, 0) is 34.5 Å². The molecule has 0 radical (unpaired) electrons. The van der Waals surface area contributed by atoms with E-state index >= 15 is 0 Å². The number of nitrogens with zero attached hydrogens (tertiary/aromatic N) is 2. The normalized spacial score (nSPS) is 14.6. The van der Waals surface area contributed by atoms with E-state index in [1.807, 2.05) is 0 Å². The molecular formula is C108H102N2. The topological polar surface area (TPSA) is 6.48 Å². The summed E-state index contributed by atoms with van der Waals surface area (Å²) >= 11 is 0. The summed E-state index contributed by atoms with van der Waals surface area (Å²) < 4.78 is 0. The Labute approximate surface area is 654 Å². The van der Waals surface area contributed by atoms with Crippen molar-refractivity contribution in [1.29, 1.82) is 0 Å². The Balaban J connectivity index is 0.000000253. The molecule has 14 aromatic rings. The molecule has 4 aliphatic rings. The van der Waals surface area contributed by atoms with E-state index in [1.165, 1.54) is 227 Å². The van der Waals surface area contributed by atoms with Crippen LogP contribution >= 0.6 is 0 Å². The van der Waals surface area contributed by atoms with Crippen LogP contribution in [0.5, 0.6) is 0 Å². The van der Waals surface area contributed by atoms with Gasteiger partial charge in [-0.2, -0.15) is 0 Å². The number of fused-ring (bicyclic) bond motifs is 10. The summed E-state index contributed by atoms with van der Waals surface area (Å²) in [5.74, 6) is 0. The highest BCUT2D eigenvalue weighted by Gasteiger charge is 2.53. The molecule has 0 N–H and O–H groups in total. The predicted molar refractivity (Wildman–Crippen MR) is 465 cm³/mol. The van der Waals surface area contributed by atoms with Gasteiger partial charge < -0.3 is 9.80 Å². The minimum Gasteiger partial charge on any atom is -0.310 e. The van der Waals surface area contributed by atoms with Crippen LogP contribution in [0.3, 0.4) is 0 Å². The van der Waals surface area contributed by atoms with Crippen molar-refractivity contribution in [2.45, 2.75) is 157 Å². The molecule has 0 saturated carbocycles. The van der Waals surface area contributed by atoms with Crippen molar-refractivity contribution in [3.8, 4) is 22.3 Å². The molecule has 110 heavy (non-hydrogen) atoms. The van der Waals surface area contributed by atoms with Crippen LogP contribution in [0.2, 0.25) is 0 Å². The number of rotatable bonds is 14. The van der Waals surface area contributed by atoms with Crippen molar-refractivity contribution in [1.82, 2.24) is 0 Å². The van der Waals surface area contributed by atoms with Crippen LogP contribution in [0, 0.1) is 69.2 Å². The monoisotopic (exact) mass is 1430 g/mol. The fourth-order valence-electron chi connectivity index (χ4n) is 19.3. The molecule has 2 aliphatic heterocycles. The zero-order valence-corrected chi connectivity index (χ0v) is 66.8. The van der Waals surface area contributed by atoms with Crippen molar-refractivity contribution >= 4 is 34.1 Å². The summed E-state index contributed by atoms with van der Waals surface area (Å²) in [5, 5.41) is 0. The van der Waals surface area contributed by atoms with Gasteiger partial charge >= 0.3 is 0 Å². The Bertz CT molecular complexity index is 5380. The first-order chi connectivity index (χ1) is 53.2. The lowest BCUT2D eigenvalue weighted by atomic mass is 9.61. The Morgan fingerprint density at radius 2 is 0.464 bits per heavy atom. The van der Waals surface area contributed by atoms with Crippen molar-refractivity contribution in [3.05, 3.63) is 436 Å². The van der Waals surface area contributed by atoms with E-state index in [0.29, 0.717) is 0 Å². The average Bonchev–Trinajstić information content (AvgIpc) is 1.24. The second-order valence-corrected chi connectivity index (χ2v) is 33.3. The fourth-order valence-corrected chi connectivity index (χ4v) is 19.3. The van der Waals surface area contributed by atoms with Gasteiger partial charge in [-0.1, -0.05) is 327 Å². The lowest BCUT2D eigenvalue weighted by Crippen LogP contribution is -2.38. The quantitative estimate of drug-likeness (QED) is 0.107. The summed E-state index contributed by atoms with van der Waals surface area (Å²) in [5.41, 5.74) is 44.4. The highest BCUT2D eigenvalue weighted by Crippen LogP contribution is 2.66. The minimum absolute atomic E-state index is 0.288. The minimum atomic E-state index is -0.671. The maximum atomic E-state index is 2.66. The third kappa shape index (κ3) is 11.6. The second-order valence-electron chi connectivity index (χ2n) is 33.3. The van der Waals surface area contributed by atoms with Gasteiger partial charge in [0, 0.05) is 16.8 Å².